The van der Waals surface area contributed by atoms with Gasteiger partial charge in [-0.05, 0) is 26.2 Å². The van der Waals surface area contributed by atoms with E-state index in [1.165, 1.54) is 0 Å². The van der Waals surface area contributed by atoms with E-state index in [-0.39, 0.29) is 17.5 Å². The Bertz CT molecular complexity index is 261. The van der Waals surface area contributed by atoms with Crippen molar-refractivity contribution in [2.75, 3.05) is 13.2 Å². The minimum Gasteiger partial charge on any atom is -0.459 e. The smallest absolute Gasteiger partial charge is 0.333 e. The molecule has 0 bridgehead atoms. The lowest BCUT2D eigenvalue weighted by molar-refractivity contribution is -0.159. The van der Waals surface area contributed by atoms with Gasteiger partial charge in [-0.1, -0.05) is 20.4 Å². The lowest BCUT2D eigenvalue weighted by atomic mass is 9.77. The Morgan fingerprint density at radius 2 is 2.12 bits per heavy atom. The van der Waals surface area contributed by atoms with Gasteiger partial charge in [-0.15, -0.1) is 0 Å². The molecule has 0 aromatic heterocycles. The number of carbonyl (C=O) groups excluding carboxylic acids is 1. The van der Waals surface area contributed by atoms with Crippen LogP contribution in [0, 0.1) is 5.41 Å². The third kappa shape index (κ3) is 3.08. The summed E-state index contributed by atoms with van der Waals surface area (Å²) in [6.45, 7) is 11.1. The molecule has 0 aromatic rings. The van der Waals surface area contributed by atoms with Crippen LogP contribution in [-0.4, -0.2) is 25.3 Å². The van der Waals surface area contributed by atoms with E-state index < -0.39 is 0 Å². The average molecular weight is 226 g/mol. The number of rotatable bonds is 6. The number of hydrogen-bond donors (Lipinski definition) is 0. The molecule has 92 valence electrons. The first-order chi connectivity index (χ1) is 7.53. The summed E-state index contributed by atoms with van der Waals surface area (Å²) in [5.41, 5.74) is 0.699. The molecule has 0 saturated carbocycles. The molecule has 16 heavy (non-hydrogen) atoms. The van der Waals surface area contributed by atoms with Crippen molar-refractivity contribution in [2.45, 2.75) is 46.1 Å². The van der Waals surface area contributed by atoms with Gasteiger partial charge in [0.15, 0.2) is 0 Å². The van der Waals surface area contributed by atoms with Crippen molar-refractivity contribution in [1.29, 1.82) is 0 Å². The zero-order valence-corrected chi connectivity index (χ0v) is 10.5. The Kier molecular flexibility index (Phi) is 4.54. The van der Waals surface area contributed by atoms with Crippen molar-refractivity contribution in [3.05, 3.63) is 12.2 Å². The van der Waals surface area contributed by atoms with Gasteiger partial charge in [-0.25, -0.2) is 4.79 Å². The number of carbonyl (C=O) groups is 1. The highest BCUT2D eigenvalue weighted by molar-refractivity contribution is 5.87. The van der Waals surface area contributed by atoms with Gasteiger partial charge >= 0.3 is 5.97 Å². The highest BCUT2D eigenvalue weighted by Crippen LogP contribution is 2.37. The van der Waals surface area contributed by atoms with Crippen LogP contribution in [0.4, 0.5) is 0 Å². The molecule has 0 amide bonds. The van der Waals surface area contributed by atoms with Crippen molar-refractivity contribution in [3.63, 3.8) is 0 Å². The molecule has 1 fully saturated rings. The number of ether oxygens (including phenoxy) is 2. The third-order valence-electron chi connectivity index (χ3n) is 3.30. The molecule has 0 N–H and O–H groups in total. The molecule has 1 saturated heterocycles. The second kappa shape index (κ2) is 5.48. The van der Waals surface area contributed by atoms with Crippen molar-refractivity contribution < 1.29 is 14.3 Å². The number of esters is 1. The lowest BCUT2D eigenvalue weighted by Crippen LogP contribution is -2.45. The van der Waals surface area contributed by atoms with Crippen LogP contribution in [0.3, 0.4) is 0 Å². The maximum absolute atomic E-state index is 11.4. The molecule has 1 rings (SSSR count). The summed E-state index contributed by atoms with van der Waals surface area (Å²) in [5.74, 6) is -0.279. The van der Waals surface area contributed by atoms with Crippen LogP contribution in [0.2, 0.25) is 0 Å². The van der Waals surface area contributed by atoms with E-state index >= 15 is 0 Å². The Balaban J connectivity index is 2.48. The fraction of sp³-hybridized carbons (Fsp3) is 0.769. The maximum atomic E-state index is 11.4. The molecular weight excluding hydrogens is 204 g/mol. The first kappa shape index (κ1) is 13.2. The van der Waals surface area contributed by atoms with E-state index in [1.54, 1.807) is 6.92 Å². The molecule has 0 aromatic carbocycles. The van der Waals surface area contributed by atoms with Crippen LogP contribution in [-0.2, 0) is 14.3 Å². The van der Waals surface area contributed by atoms with Gasteiger partial charge in [-0.2, -0.15) is 0 Å². The average Bonchev–Trinajstić information content (AvgIpc) is 2.21. The second-order valence-corrected chi connectivity index (χ2v) is 4.77. The van der Waals surface area contributed by atoms with Gasteiger partial charge in [0, 0.05) is 11.0 Å². The third-order valence-corrected chi connectivity index (χ3v) is 3.30. The molecule has 0 radical (unpaired) electrons. The molecule has 0 spiro atoms. The Morgan fingerprint density at radius 3 is 2.44 bits per heavy atom. The van der Waals surface area contributed by atoms with Crippen molar-refractivity contribution >= 4 is 5.97 Å². The minimum atomic E-state index is -0.279. The molecule has 3 heteroatoms. The van der Waals surface area contributed by atoms with Crippen molar-refractivity contribution in [3.8, 4) is 0 Å². The quantitative estimate of drug-likeness (QED) is 0.516. The Labute approximate surface area is 97.8 Å². The molecule has 1 aliphatic heterocycles. The van der Waals surface area contributed by atoms with E-state index in [1.807, 2.05) is 6.92 Å². The zero-order chi connectivity index (χ0) is 12.2. The topological polar surface area (TPSA) is 35.5 Å². The van der Waals surface area contributed by atoms with E-state index in [2.05, 4.69) is 13.5 Å². The summed E-state index contributed by atoms with van der Waals surface area (Å²) in [6.07, 6.45) is 2.82. The maximum Gasteiger partial charge on any atom is 0.333 e. The normalized spacial score (nSPS) is 19.7. The van der Waals surface area contributed by atoms with Crippen LogP contribution in [0.1, 0.15) is 40.0 Å². The van der Waals surface area contributed by atoms with Crippen LogP contribution in [0.5, 0.6) is 0 Å². The summed E-state index contributed by atoms with van der Waals surface area (Å²) in [5, 5.41) is 0. The summed E-state index contributed by atoms with van der Waals surface area (Å²) in [4.78, 5) is 11.4. The lowest BCUT2D eigenvalue weighted by Gasteiger charge is -2.42. The SMILES string of the molecule is C=C(C)C(=O)OC(CC)CC1(CC)COC1. The van der Waals surface area contributed by atoms with Crippen LogP contribution >= 0.6 is 0 Å². The predicted molar refractivity (Wildman–Crippen MR) is 63.1 cm³/mol. The summed E-state index contributed by atoms with van der Waals surface area (Å²) < 4.78 is 10.7. The monoisotopic (exact) mass is 226 g/mol. The van der Waals surface area contributed by atoms with E-state index in [0.29, 0.717) is 5.57 Å². The van der Waals surface area contributed by atoms with Crippen LogP contribution < -0.4 is 0 Å². The van der Waals surface area contributed by atoms with Gasteiger partial charge in [0.05, 0.1) is 13.2 Å². The minimum absolute atomic E-state index is 0.00644. The van der Waals surface area contributed by atoms with E-state index in [4.69, 9.17) is 9.47 Å². The van der Waals surface area contributed by atoms with Gasteiger partial charge in [0.1, 0.15) is 6.10 Å². The molecule has 3 nitrogen and oxygen atoms in total. The first-order valence-corrected chi connectivity index (χ1v) is 5.97. The highest BCUT2D eigenvalue weighted by atomic mass is 16.5. The molecule has 1 unspecified atom stereocenters. The van der Waals surface area contributed by atoms with Gasteiger partial charge in [0.2, 0.25) is 0 Å². The number of hydrogen-bond acceptors (Lipinski definition) is 3. The molecule has 1 heterocycles. The summed E-state index contributed by atoms with van der Waals surface area (Å²) >= 11 is 0. The standard InChI is InChI=1S/C13H22O3/c1-5-11(16-12(14)10(3)4)7-13(6-2)8-15-9-13/h11H,3,5-9H2,1-2,4H3. The highest BCUT2D eigenvalue weighted by Gasteiger charge is 2.39. The van der Waals surface area contributed by atoms with E-state index in [9.17, 15) is 4.79 Å². The van der Waals surface area contributed by atoms with Crippen molar-refractivity contribution in [1.82, 2.24) is 0 Å². The van der Waals surface area contributed by atoms with E-state index in [0.717, 1.165) is 32.5 Å². The molecule has 0 aliphatic carbocycles. The van der Waals surface area contributed by atoms with Gasteiger partial charge in [-0.3, -0.25) is 0 Å². The molecular formula is C13H22O3. The Hall–Kier alpha value is -0.830. The fourth-order valence-electron chi connectivity index (χ4n) is 1.86. The summed E-state index contributed by atoms with van der Waals surface area (Å²) in [6, 6.07) is 0. The summed E-state index contributed by atoms with van der Waals surface area (Å²) in [7, 11) is 0. The van der Waals surface area contributed by atoms with Gasteiger partial charge in [0.25, 0.3) is 0 Å². The molecule has 1 atom stereocenters. The van der Waals surface area contributed by atoms with Crippen LogP contribution in [0.15, 0.2) is 12.2 Å². The van der Waals surface area contributed by atoms with Gasteiger partial charge < -0.3 is 9.47 Å². The van der Waals surface area contributed by atoms with Crippen molar-refractivity contribution in [2.24, 2.45) is 5.41 Å². The largest absolute Gasteiger partial charge is 0.459 e. The zero-order valence-electron chi connectivity index (χ0n) is 10.5. The van der Waals surface area contributed by atoms with Crippen LogP contribution in [0.25, 0.3) is 0 Å². The molecule has 1 aliphatic rings. The Morgan fingerprint density at radius 1 is 1.50 bits per heavy atom. The first-order valence-electron chi connectivity index (χ1n) is 5.97. The second-order valence-electron chi connectivity index (χ2n) is 4.77. The predicted octanol–water partition coefficient (Wildman–Crippen LogP) is 2.70. The fourth-order valence-corrected chi connectivity index (χ4v) is 1.86.